The standard InChI is InChI=1S/C16H14N2O2S/c1-2-20-14(19)9-12-10-21-16(18-12)15-13-6-4-3-5-11(13)7-8-17-15/h3-8,10H,2,9H2,1H3. The van der Waals surface area contributed by atoms with Crippen molar-refractivity contribution in [1.29, 1.82) is 0 Å². The number of carbonyl (C=O) groups excluding carboxylic acids is 1. The Hall–Kier alpha value is -2.27. The van der Waals surface area contributed by atoms with Gasteiger partial charge in [-0.25, -0.2) is 4.98 Å². The van der Waals surface area contributed by atoms with Gasteiger partial charge >= 0.3 is 5.97 Å². The number of esters is 1. The Morgan fingerprint density at radius 1 is 1.29 bits per heavy atom. The molecule has 21 heavy (non-hydrogen) atoms. The van der Waals surface area contributed by atoms with E-state index in [0.29, 0.717) is 6.61 Å². The van der Waals surface area contributed by atoms with Gasteiger partial charge in [-0.3, -0.25) is 9.78 Å². The number of rotatable bonds is 4. The summed E-state index contributed by atoms with van der Waals surface area (Å²) < 4.78 is 4.94. The van der Waals surface area contributed by atoms with E-state index in [9.17, 15) is 4.79 Å². The molecule has 0 radical (unpaired) electrons. The lowest BCUT2D eigenvalue weighted by atomic mass is 10.1. The maximum absolute atomic E-state index is 11.5. The Balaban J connectivity index is 1.93. The lowest BCUT2D eigenvalue weighted by Crippen LogP contribution is -2.07. The number of carbonyl (C=O) groups is 1. The van der Waals surface area contributed by atoms with Gasteiger partial charge in [-0.2, -0.15) is 0 Å². The fourth-order valence-electron chi connectivity index (χ4n) is 2.15. The molecule has 0 aliphatic rings. The molecule has 0 N–H and O–H groups in total. The molecule has 0 unspecified atom stereocenters. The number of benzene rings is 1. The molecule has 1 aromatic carbocycles. The number of nitrogens with zero attached hydrogens (tertiary/aromatic N) is 2. The summed E-state index contributed by atoms with van der Waals surface area (Å²) in [6.07, 6.45) is 1.99. The van der Waals surface area contributed by atoms with E-state index in [-0.39, 0.29) is 12.4 Å². The molecule has 4 nitrogen and oxygen atoms in total. The summed E-state index contributed by atoms with van der Waals surface area (Å²) in [7, 11) is 0. The van der Waals surface area contributed by atoms with E-state index in [1.807, 2.05) is 35.7 Å². The van der Waals surface area contributed by atoms with Crippen LogP contribution in [0.4, 0.5) is 0 Å². The molecule has 0 bridgehead atoms. The summed E-state index contributed by atoms with van der Waals surface area (Å²) in [5.41, 5.74) is 1.58. The predicted molar refractivity (Wildman–Crippen MR) is 83.2 cm³/mol. The first-order valence-electron chi connectivity index (χ1n) is 6.72. The quantitative estimate of drug-likeness (QED) is 0.692. The van der Waals surface area contributed by atoms with Crippen LogP contribution in [0.3, 0.4) is 0 Å². The van der Waals surface area contributed by atoms with Crippen LogP contribution in [0, 0.1) is 0 Å². The van der Waals surface area contributed by atoms with Crippen LogP contribution >= 0.6 is 11.3 Å². The van der Waals surface area contributed by atoms with Crippen molar-refractivity contribution < 1.29 is 9.53 Å². The van der Waals surface area contributed by atoms with Gasteiger partial charge in [-0.05, 0) is 18.4 Å². The summed E-state index contributed by atoms with van der Waals surface area (Å²) in [6.45, 7) is 2.19. The van der Waals surface area contributed by atoms with Crippen molar-refractivity contribution in [1.82, 2.24) is 9.97 Å². The zero-order valence-electron chi connectivity index (χ0n) is 11.6. The van der Waals surface area contributed by atoms with Crippen LogP contribution in [-0.2, 0) is 16.0 Å². The summed E-state index contributed by atoms with van der Waals surface area (Å²) in [4.78, 5) is 20.4. The second-order valence-electron chi connectivity index (χ2n) is 4.51. The molecule has 5 heteroatoms. The van der Waals surface area contributed by atoms with Crippen molar-refractivity contribution in [3.63, 3.8) is 0 Å². The van der Waals surface area contributed by atoms with E-state index in [4.69, 9.17) is 4.74 Å². The zero-order chi connectivity index (χ0) is 14.7. The molecule has 0 atom stereocenters. The highest BCUT2D eigenvalue weighted by Crippen LogP contribution is 2.28. The van der Waals surface area contributed by atoms with Crippen LogP contribution in [-0.4, -0.2) is 22.5 Å². The van der Waals surface area contributed by atoms with Crippen molar-refractivity contribution in [2.24, 2.45) is 0 Å². The third kappa shape index (κ3) is 2.92. The first kappa shape index (κ1) is 13.7. The third-order valence-electron chi connectivity index (χ3n) is 3.06. The van der Waals surface area contributed by atoms with Crippen LogP contribution in [0.25, 0.3) is 21.5 Å². The Morgan fingerprint density at radius 2 is 2.14 bits per heavy atom. The minimum Gasteiger partial charge on any atom is -0.466 e. The summed E-state index contributed by atoms with van der Waals surface area (Å²) >= 11 is 1.50. The maximum Gasteiger partial charge on any atom is 0.311 e. The van der Waals surface area contributed by atoms with Crippen LogP contribution < -0.4 is 0 Å². The Kier molecular flexibility index (Phi) is 3.92. The van der Waals surface area contributed by atoms with Crippen molar-refractivity contribution >= 4 is 28.1 Å². The second-order valence-corrected chi connectivity index (χ2v) is 5.36. The number of thiazole rings is 1. The molecule has 0 aliphatic heterocycles. The molecule has 2 heterocycles. The van der Waals surface area contributed by atoms with Gasteiger partial charge in [0.25, 0.3) is 0 Å². The predicted octanol–water partition coefficient (Wildman–Crippen LogP) is 3.46. The molecule has 0 saturated carbocycles. The van der Waals surface area contributed by atoms with Crippen LogP contribution in [0.5, 0.6) is 0 Å². The highest BCUT2D eigenvalue weighted by atomic mass is 32.1. The van der Waals surface area contributed by atoms with Crippen LogP contribution in [0.1, 0.15) is 12.6 Å². The van der Waals surface area contributed by atoms with E-state index in [1.165, 1.54) is 11.3 Å². The first-order valence-corrected chi connectivity index (χ1v) is 7.60. The number of hydrogen-bond donors (Lipinski definition) is 0. The molecule has 0 spiro atoms. The number of aromatic nitrogens is 2. The van der Waals surface area contributed by atoms with Gasteiger partial charge in [-0.1, -0.05) is 24.3 Å². The van der Waals surface area contributed by atoms with E-state index in [2.05, 4.69) is 9.97 Å². The summed E-state index contributed by atoms with van der Waals surface area (Å²) in [5, 5.41) is 4.91. The largest absolute Gasteiger partial charge is 0.466 e. The number of fused-ring (bicyclic) bond motifs is 1. The fraction of sp³-hybridized carbons (Fsp3) is 0.188. The maximum atomic E-state index is 11.5. The van der Waals surface area contributed by atoms with Gasteiger partial charge in [-0.15, -0.1) is 11.3 Å². The molecule has 3 aromatic rings. The molecule has 3 rings (SSSR count). The second kappa shape index (κ2) is 6.01. The molecule has 0 amide bonds. The van der Waals surface area contributed by atoms with Gasteiger partial charge in [0.05, 0.1) is 18.7 Å². The highest BCUT2D eigenvalue weighted by molar-refractivity contribution is 7.13. The first-order chi connectivity index (χ1) is 10.3. The number of ether oxygens (including phenoxy) is 1. The van der Waals surface area contributed by atoms with Gasteiger partial charge in [0.1, 0.15) is 10.7 Å². The minimum atomic E-state index is -0.250. The van der Waals surface area contributed by atoms with Crippen molar-refractivity contribution in [2.75, 3.05) is 6.61 Å². The monoisotopic (exact) mass is 298 g/mol. The van der Waals surface area contributed by atoms with Gasteiger partial charge in [0.2, 0.25) is 0 Å². The molecule has 2 aromatic heterocycles. The number of hydrogen-bond acceptors (Lipinski definition) is 5. The zero-order valence-corrected chi connectivity index (χ0v) is 12.4. The van der Waals surface area contributed by atoms with E-state index in [0.717, 1.165) is 27.2 Å². The summed E-state index contributed by atoms with van der Waals surface area (Å²) in [6, 6.07) is 10.0. The van der Waals surface area contributed by atoms with Gasteiger partial charge < -0.3 is 4.74 Å². The van der Waals surface area contributed by atoms with Crippen molar-refractivity contribution in [3.05, 3.63) is 47.6 Å². The Bertz CT molecular complexity index is 777. The van der Waals surface area contributed by atoms with Gasteiger partial charge in [0, 0.05) is 17.0 Å². The molecular weight excluding hydrogens is 284 g/mol. The van der Waals surface area contributed by atoms with E-state index >= 15 is 0 Å². The Labute approximate surface area is 126 Å². The lowest BCUT2D eigenvalue weighted by molar-refractivity contribution is -0.142. The molecule has 106 valence electrons. The molecule has 0 saturated heterocycles. The smallest absolute Gasteiger partial charge is 0.311 e. The topological polar surface area (TPSA) is 52.1 Å². The summed E-state index contributed by atoms with van der Waals surface area (Å²) in [5.74, 6) is -0.250. The number of pyridine rings is 1. The minimum absolute atomic E-state index is 0.203. The van der Waals surface area contributed by atoms with Crippen molar-refractivity contribution in [2.45, 2.75) is 13.3 Å². The fourth-order valence-corrected chi connectivity index (χ4v) is 2.97. The average molecular weight is 298 g/mol. The SMILES string of the molecule is CCOC(=O)Cc1csc(-c2nccc3ccccc23)n1. The highest BCUT2D eigenvalue weighted by Gasteiger charge is 2.12. The lowest BCUT2D eigenvalue weighted by Gasteiger charge is -2.02. The average Bonchev–Trinajstić information content (AvgIpc) is 2.95. The normalized spacial score (nSPS) is 10.7. The molecule has 0 aliphatic carbocycles. The molecular formula is C16H14N2O2S. The third-order valence-corrected chi connectivity index (χ3v) is 3.96. The van der Waals surface area contributed by atoms with E-state index in [1.54, 1.807) is 13.1 Å². The van der Waals surface area contributed by atoms with Gasteiger partial charge in [0.15, 0.2) is 0 Å². The van der Waals surface area contributed by atoms with Crippen molar-refractivity contribution in [3.8, 4) is 10.7 Å². The Morgan fingerprint density at radius 3 is 3.00 bits per heavy atom. The van der Waals surface area contributed by atoms with Crippen LogP contribution in [0.15, 0.2) is 41.9 Å². The van der Waals surface area contributed by atoms with Crippen LogP contribution in [0.2, 0.25) is 0 Å². The van der Waals surface area contributed by atoms with E-state index < -0.39 is 0 Å². The molecule has 0 fully saturated rings.